The molecule has 1 aromatic carbocycles. The maximum atomic E-state index is 10.3. The van der Waals surface area contributed by atoms with E-state index in [9.17, 15) is 5.11 Å². The van der Waals surface area contributed by atoms with Crippen LogP contribution in [0, 0.1) is 0 Å². The maximum absolute atomic E-state index is 10.3. The van der Waals surface area contributed by atoms with Crippen LogP contribution in [0.1, 0.15) is 12.8 Å². The van der Waals surface area contributed by atoms with Crippen molar-refractivity contribution in [3.05, 3.63) is 43.1 Å². The van der Waals surface area contributed by atoms with Crippen molar-refractivity contribution >= 4 is 0 Å². The number of aromatic nitrogens is 5. The van der Waals surface area contributed by atoms with Crippen LogP contribution in [0.2, 0.25) is 0 Å². The number of aromatic hydroxyl groups is 1. The molecule has 4 rings (SSSR count). The highest BCUT2D eigenvalue weighted by Crippen LogP contribution is 2.29. The van der Waals surface area contributed by atoms with Gasteiger partial charge in [-0.25, -0.2) is 9.97 Å². The Morgan fingerprint density at radius 1 is 1.25 bits per heavy atom. The smallest absolute Gasteiger partial charge is 0.335 e. The summed E-state index contributed by atoms with van der Waals surface area (Å²) >= 11 is 0. The molecule has 0 atom stereocenters. The molecule has 0 unspecified atom stereocenters. The second-order valence-corrected chi connectivity index (χ2v) is 5.77. The number of phenols is 1. The van der Waals surface area contributed by atoms with Gasteiger partial charge < -0.3 is 20.1 Å². The lowest BCUT2D eigenvalue weighted by Gasteiger charge is -2.31. The number of nitrogens with two attached hydrogens (primary N) is 1. The number of hydrogen-bond donors (Lipinski definition) is 2. The van der Waals surface area contributed by atoms with Crippen molar-refractivity contribution in [3.8, 4) is 28.7 Å². The molecule has 0 saturated heterocycles. The van der Waals surface area contributed by atoms with E-state index in [-0.39, 0.29) is 23.9 Å². The summed E-state index contributed by atoms with van der Waals surface area (Å²) in [6.45, 7) is 0. The van der Waals surface area contributed by atoms with Crippen LogP contribution in [0.15, 0.2) is 43.1 Å². The van der Waals surface area contributed by atoms with Crippen LogP contribution in [0.3, 0.4) is 0 Å². The van der Waals surface area contributed by atoms with Gasteiger partial charge in [0.15, 0.2) is 0 Å². The lowest BCUT2D eigenvalue weighted by Crippen LogP contribution is -2.43. The number of benzene rings is 1. The lowest BCUT2D eigenvalue weighted by molar-refractivity contribution is 0.0891. The normalized spacial score (nSPS) is 19.7. The first-order chi connectivity index (χ1) is 11.7. The molecule has 1 aliphatic rings. The fraction of sp³-hybridized carbons (Fsp3) is 0.250. The molecule has 1 fully saturated rings. The third-order valence-electron chi connectivity index (χ3n) is 4.00. The van der Waals surface area contributed by atoms with Gasteiger partial charge in [0.05, 0.1) is 18.2 Å². The second-order valence-electron chi connectivity index (χ2n) is 5.77. The molecular weight excluding hydrogens is 308 g/mol. The molecule has 0 amide bonds. The maximum Gasteiger partial charge on any atom is 0.335 e. The molecule has 1 aliphatic carbocycles. The summed E-state index contributed by atoms with van der Waals surface area (Å²) in [6.07, 6.45) is 8.35. The lowest BCUT2D eigenvalue weighted by atomic mass is 9.90. The molecule has 8 nitrogen and oxygen atoms in total. The first kappa shape index (κ1) is 14.6. The fourth-order valence-corrected chi connectivity index (χ4v) is 2.60. The summed E-state index contributed by atoms with van der Waals surface area (Å²) in [6, 6.07) is 5.69. The van der Waals surface area contributed by atoms with Crippen LogP contribution < -0.4 is 10.5 Å². The van der Waals surface area contributed by atoms with E-state index in [2.05, 4.69) is 20.2 Å². The van der Waals surface area contributed by atoms with Crippen molar-refractivity contribution in [3.63, 3.8) is 0 Å². The molecule has 0 spiro atoms. The predicted octanol–water partition coefficient (Wildman–Crippen LogP) is 1.30. The van der Waals surface area contributed by atoms with Gasteiger partial charge in [0, 0.05) is 30.1 Å². The van der Waals surface area contributed by atoms with Gasteiger partial charge in [0.2, 0.25) is 0 Å². The van der Waals surface area contributed by atoms with Gasteiger partial charge in [0.25, 0.3) is 0 Å². The topological polar surface area (TPSA) is 112 Å². The molecule has 0 aliphatic heterocycles. The van der Waals surface area contributed by atoms with Crippen LogP contribution >= 0.6 is 0 Å². The van der Waals surface area contributed by atoms with Crippen molar-refractivity contribution in [1.82, 2.24) is 24.7 Å². The Morgan fingerprint density at radius 2 is 2.12 bits per heavy atom. The van der Waals surface area contributed by atoms with Crippen molar-refractivity contribution in [2.45, 2.75) is 25.0 Å². The molecule has 0 radical (unpaired) electrons. The van der Waals surface area contributed by atoms with Gasteiger partial charge in [0.1, 0.15) is 17.5 Å². The molecule has 3 aromatic rings. The van der Waals surface area contributed by atoms with E-state index < -0.39 is 0 Å². The van der Waals surface area contributed by atoms with E-state index >= 15 is 0 Å². The van der Waals surface area contributed by atoms with E-state index in [1.165, 1.54) is 6.20 Å². The molecule has 3 N–H and O–H groups in total. The Bertz CT molecular complexity index is 828. The molecule has 24 heavy (non-hydrogen) atoms. The van der Waals surface area contributed by atoms with Crippen molar-refractivity contribution in [2.75, 3.05) is 0 Å². The SMILES string of the molecule is NC1CC(Oc2ncc(-c3ccc(-n4ccnc4)cc3O)nn2)C1. The average Bonchev–Trinajstić information content (AvgIpc) is 3.09. The monoisotopic (exact) mass is 324 g/mol. The average molecular weight is 324 g/mol. The summed E-state index contributed by atoms with van der Waals surface area (Å²) in [5.74, 6) is 0.0935. The predicted molar refractivity (Wildman–Crippen MR) is 85.7 cm³/mol. The van der Waals surface area contributed by atoms with Crippen LogP contribution in [0.4, 0.5) is 0 Å². The first-order valence-corrected chi connectivity index (χ1v) is 7.63. The minimum Gasteiger partial charge on any atom is -0.507 e. The zero-order chi connectivity index (χ0) is 16.5. The number of phenolic OH excluding ortho intramolecular Hbond substituents is 1. The van der Waals surface area contributed by atoms with E-state index in [1.807, 2.05) is 6.07 Å². The van der Waals surface area contributed by atoms with Crippen molar-refractivity contribution in [1.29, 1.82) is 0 Å². The number of imidazole rings is 1. The van der Waals surface area contributed by atoms with Gasteiger partial charge in [-0.1, -0.05) is 5.10 Å². The van der Waals surface area contributed by atoms with E-state index in [0.29, 0.717) is 11.3 Å². The van der Waals surface area contributed by atoms with Gasteiger partial charge in [-0.05, 0) is 25.0 Å². The van der Waals surface area contributed by atoms with Crippen LogP contribution in [0.5, 0.6) is 11.8 Å². The Hall–Kier alpha value is -3.00. The zero-order valence-corrected chi connectivity index (χ0v) is 12.8. The summed E-state index contributed by atoms with van der Waals surface area (Å²) < 4.78 is 7.37. The highest BCUT2D eigenvalue weighted by atomic mass is 16.5. The molecule has 2 aromatic heterocycles. The van der Waals surface area contributed by atoms with Gasteiger partial charge in [-0.15, -0.1) is 5.10 Å². The van der Waals surface area contributed by atoms with Crippen LogP contribution in [-0.4, -0.2) is 42.0 Å². The largest absolute Gasteiger partial charge is 0.507 e. The Balaban J connectivity index is 1.53. The van der Waals surface area contributed by atoms with Crippen LogP contribution in [-0.2, 0) is 0 Å². The van der Waals surface area contributed by atoms with Gasteiger partial charge in [-0.3, -0.25) is 0 Å². The molecule has 1 saturated carbocycles. The number of nitrogens with zero attached hydrogens (tertiary/aromatic N) is 5. The van der Waals surface area contributed by atoms with E-state index in [4.69, 9.17) is 10.5 Å². The second kappa shape index (κ2) is 5.89. The first-order valence-electron chi connectivity index (χ1n) is 7.63. The molecular formula is C16H16N6O2. The Morgan fingerprint density at radius 3 is 2.75 bits per heavy atom. The standard InChI is InChI=1S/C16H16N6O2/c17-10-5-12(6-10)24-16-19-8-14(20-21-16)13-2-1-11(7-15(13)23)22-4-3-18-9-22/h1-4,7-10,12,23H,5-6,17H2. The van der Waals surface area contributed by atoms with E-state index in [1.54, 1.807) is 35.4 Å². The van der Waals surface area contributed by atoms with Gasteiger partial charge >= 0.3 is 6.01 Å². The van der Waals surface area contributed by atoms with Gasteiger partial charge in [-0.2, -0.15) is 0 Å². The fourth-order valence-electron chi connectivity index (χ4n) is 2.60. The minimum atomic E-state index is 0.0653. The molecule has 2 heterocycles. The third kappa shape index (κ3) is 2.79. The number of rotatable bonds is 4. The zero-order valence-electron chi connectivity index (χ0n) is 12.8. The minimum absolute atomic E-state index is 0.0653. The van der Waals surface area contributed by atoms with E-state index in [0.717, 1.165) is 18.5 Å². The van der Waals surface area contributed by atoms with Crippen molar-refractivity contribution < 1.29 is 9.84 Å². The highest BCUT2D eigenvalue weighted by Gasteiger charge is 2.28. The summed E-state index contributed by atoms with van der Waals surface area (Å²) in [5.41, 5.74) is 7.54. The third-order valence-corrected chi connectivity index (χ3v) is 4.00. The highest BCUT2D eigenvalue weighted by molar-refractivity contribution is 5.67. The van der Waals surface area contributed by atoms with Crippen molar-refractivity contribution in [2.24, 2.45) is 5.73 Å². The Kier molecular flexibility index (Phi) is 3.58. The summed E-state index contributed by atoms with van der Waals surface area (Å²) in [5, 5.41) is 18.3. The molecule has 122 valence electrons. The number of ether oxygens (including phenoxy) is 1. The molecule has 8 heteroatoms. The summed E-state index contributed by atoms with van der Waals surface area (Å²) in [4.78, 5) is 8.14. The number of hydrogen-bond acceptors (Lipinski definition) is 7. The Labute approximate surface area is 138 Å². The summed E-state index contributed by atoms with van der Waals surface area (Å²) in [7, 11) is 0. The van der Waals surface area contributed by atoms with Crippen LogP contribution in [0.25, 0.3) is 16.9 Å². The quantitative estimate of drug-likeness (QED) is 0.743. The molecule has 0 bridgehead atoms.